The van der Waals surface area contributed by atoms with Gasteiger partial charge < -0.3 is 10.0 Å². The van der Waals surface area contributed by atoms with Crippen LogP contribution >= 0.6 is 11.6 Å². The Morgan fingerprint density at radius 3 is 2.63 bits per heavy atom. The van der Waals surface area contributed by atoms with Crippen molar-refractivity contribution in [1.82, 2.24) is 4.90 Å². The first kappa shape index (κ1) is 13.8. The topological polar surface area (TPSA) is 57.6 Å². The predicted molar refractivity (Wildman–Crippen MR) is 67.6 cm³/mol. The number of likely N-dealkylation sites (tertiary alicyclic amines) is 1. The number of aliphatic carboxylic acids is 1. The number of halogens is 2. The molecule has 0 bridgehead atoms. The van der Waals surface area contributed by atoms with Gasteiger partial charge in [0, 0.05) is 24.6 Å². The van der Waals surface area contributed by atoms with Gasteiger partial charge in [0.05, 0.1) is 10.9 Å². The smallest absolute Gasteiger partial charge is 0.306 e. The number of carboxylic acid groups (broad SMARTS) is 1. The fourth-order valence-corrected chi connectivity index (χ4v) is 2.13. The number of hydrogen-bond donors (Lipinski definition) is 1. The summed E-state index contributed by atoms with van der Waals surface area (Å²) < 4.78 is 13.3. The van der Waals surface area contributed by atoms with Gasteiger partial charge in [-0.1, -0.05) is 18.5 Å². The largest absolute Gasteiger partial charge is 0.481 e. The summed E-state index contributed by atoms with van der Waals surface area (Å²) >= 11 is 5.55. The quantitative estimate of drug-likeness (QED) is 0.927. The van der Waals surface area contributed by atoms with E-state index in [1.54, 1.807) is 6.92 Å². The highest BCUT2D eigenvalue weighted by atomic mass is 35.5. The molecule has 1 aromatic rings. The molecule has 6 heteroatoms. The van der Waals surface area contributed by atoms with Crippen molar-refractivity contribution in [1.29, 1.82) is 0 Å². The molecule has 4 nitrogen and oxygen atoms in total. The second kappa shape index (κ2) is 5.17. The molecule has 1 heterocycles. The molecule has 1 atom stereocenters. The third kappa shape index (κ3) is 2.71. The average molecular weight is 286 g/mol. The maximum absolute atomic E-state index is 13.3. The first-order chi connectivity index (χ1) is 8.90. The van der Waals surface area contributed by atoms with Crippen LogP contribution < -0.4 is 0 Å². The Hall–Kier alpha value is -1.62. The zero-order chi connectivity index (χ0) is 14.2. The maximum atomic E-state index is 13.3. The van der Waals surface area contributed by atoms with E-state index in [0.29, 0.717) is 13.1 Å². The summed E-state index contributed by atoms with van der Waals surface area (Å²) in [5.41, 5.74) is 0.225. The highest BCUT2D eigenvalue weighted by molar-refractivity contribution is 6.30. The maximum Gasteiger partial charge on any atom is 0.306 e. The summed E-state index contributed by atoms with van der Waals surface area (Å²) in [4.78, 5) is 24.3. The fourth-order valence-electron chi connectivity index (χ4n) is 2.01. The number of benzene rings is 1. The monoisotopic (exact) mass is 285 g/mol. The van der Waals surface area contributed by atoms with Gasteiger partial charge in [-0.3, -0.25) is 9.59 Å². The third-order valence-corrected chi connectivity index (χ3v) is 3.77. The summed E-state index contributed by atoms with van der Waals surface area (Å²) in [5, 5.41) is 8.83. The Balaban J connectivity index is 2.00. The van der Waals surface area contributed by atoms with Crippen molar-refractivity contribution >= 4 is 23.5 Å². The minimum absolute atomic E-state index is 0.0301. The Labute approximate surface area is 114 Å². The number of amides is 1. The molecule has 1 amide bonds. The Morgan fingerprint density at radius 2 is 2.11 bits per heavy atom. The third-order valence-electron chi connectivity index (χ3n) is 3.46. The van der Waals surface area contributed by atoms with E-state index in [2.05, 4.69) is 0 Å². The van der Waals surface area contributed by atoms with Crippen LogP contribution in [0, 0.1) is 17.7 Å². The van der Waals surface area contributed by atoms with Crippen LogP contribution in [0.25, 0.3) is 0 Å². The summed E-state index contributed by atoms with van der Waals surface area (Å²) in [6, 6.07) is 3.89. The average Bonchev–Trinajstić information content (AvgIpc) is 2.30. The van der Waals surface area contributed by atoms with E-state index in [9.17, 15) is 14.0 Å². The predicted octanol–water partition coefficient (Wildman–Crippen LogP) is 2.27. The lowest BCUT2D eigenvalue weighted by Crippen LogP contribution is -2.53. The number of carbonyl (C=O) groups excluding carboxylic acids is 1. The normalized spacial score (nSPS) is 16.9. The number of carbonyl (C=O) groups is 2. The molecule has 0 spiro atoms. The summed E-state index contributed by atoms with van der Waals surface area (Å²) in [6.45, 7) is 2.39. The van der Waals surface area contributed by atoms with Crippen LogP contribution in [-0.2, 0) is 4.79 Å². The molecule has 0 aliphatic carbocycles. The SMILES string of the molecule is CC(C(=O)O)C1CN(C(=O)c2ccc(Cl)c(F)c2)C1. The lowest BCUT2D eigenvalue weighted by atomic mass is 9.86. The van der Waals surface area contributed by atoms with Crippen LogP contribution in [0.15, 0.2) is 18.2 Å². The van der Waals surface area contributed by atoms with Crippen molar-refractivity contribution in [2.45, 2.75) is 6.92 Å². The van der Waals surface area contributed by atoms with E-state index in [-0.39, 0.29) is 22.4 Å². The summed E-state index contributed by atoms with van der Waals surface area (Å²) in [7, 11) is 0. The zero-order valence-electron chi connectivity index (χ0n) is 10.3. The van der Waals surface area contributed by atoms with E-state index in [1.165, 1.54) is 17.0 Å². The molecule has 19 heavy (non-hydrogen) atoms. The van der Waals surface area contributed by atoms with Crippen molar-refractivity contribution in [3.05, 3.63) is 34.6 Å². The Kier molecular flexibility index (Phi) is 3.75. The molecule has 0 saturated carbocycles. The molecular formula is C13H13ClFNO3. The first-order valence-electron chi connectivity index (χ1n) is 5.87. The van der Waals surface area contributed by atoms with E-state index in [0.717, 1.165) is 6.07 Å². The highest BCUT2D eigenvalue weighted by Gasteiger charge is 2.37. The minimum Gasteiger partial charge on any atom is -0.481 e. The second-order valence-electron chi connectivity index (χ2n) is 4.73. The minimum atomic E-state index is -0.866. The van der Waals surface area contributed by atoms with Crippen LogP contribution in [0.4, 0.5) is 4.39 Å². The van der Waals surface area contributed by atoms with Gasteiger partial charge in [-0.05, 0) is 18.2 Å². The molecule has 1 fully saturated rings. The van der Waals surface area contributed by atoms with Gasteiger partial charge >= 0.3 is 5.97 Å². The van der Waals surface area contributed by atoms with Gasteiger partial charge in [0.15, 0.2) is 0 Å². The highest BCUT2D eigenvalue weighted by Crippen LogP contribution is 2.26. The lowest BCUT2D eigenvalue weighted by Gasteiger charge is -2.41. The van der Waals surface area contributed by atoms with E-state index in [4.69, 9.17) is 16.7 Å². The summed E-state index contributed by atoms with van der Waals surface area (Å²) in [6.07, 6.45) is 0. The molecule has 2 rings (SSSR count). The molecule has 1 saturated heterocycles. The van der Waals surface area contributed by atoms with E-state index in [1.807, 2.05) is 0 Å². The number of rotatable bonds is 3. The van der Waals surface area contributed by atoms with Crippen LogP contribution in [0.2, 0.25) is 5.02 Å². The molecule has 1 unspecified atom stereocenters. The molecule has 0 aromatic heterocycles. The van der Waals surface area contributed by atoms with Crippen molar-refractivity contribution in [2.24, 2.45) is 11.8 Å². The Morgan fingerprint density at radius 1 is 1.47 bits per heavy atom. The number of hydrogen-bond acceptors (Lipinski definition) is 2. The molecule has 102 valence electrons. The molecular weight excluding hydrogens is 273 g/mol. The van der Waals surface area contributed by atoms with Crippen LogP contribution in [0.5, 0.6) is 0 Å². The van der Waals surface area contributed by atoms with Crippen LogP contribution in [0.3, 0.4) is 0 Å². The van der Waals surface area contributed by atoms with Crippen molar-refractivity contribution in [2.75, 3.05) is 13.1 Å². The number of nitrogens with zero attached hydrogens (tertiary/aromatic N) is 1. The van der Waals surface area contributed by atoms with Gasteiger partial charge in [0.1, 0.15) is 5.82 Å². The fraction of sp³-hybridized carbons (Fsp3) is 0.385. The van der Waals surface area contributed by atoms with Crippen LogP contribution in [-0.4, -0.2) is 35.0 Å². The Bertz CT molecular complexity index is 529. The molecule has 1 aromatic carbocycles. The number of carboxylic acids is 1. The molecule has 0 radical (unpaired) electrons. The van der Waals surface area contributed by atoms with Gasteiger partial charge in [0.2, 0.25) is 0 Å². The van der Waals surface area contributed by atoms with E-state index >= 15 is 0 Å². The molecule has 1 aliphatic rings. The van der Waals surface area contributed by atoms with E-state index < -0.39 is 17.7 Å². The standard InChI is InChI=1S/C13H13ClFNO3/c1-7(13(18)19)9-5-16(6-9)12(17)8-2-3-10(14)11(15)4-8/h2-4,7,9H,5-6H2,1H3,(H,18,19). The van der Waals surface area contributed by atoms with Crippen molar-refractivity contribution in [3.8, 4) is 0 Å². The first-order valence-corrected chi connectivity index (χ1v) is 6.25. The second-order valence-corrected chi connectivity index (χ2v) is 5.13. The zero-order valence-corrected chi connectivity index (χ0v) is 11.0. The lowest BCUT2D eigenvalue weighted by molar-refractivity contribution is -0.144. The van der Waals surface area contributed by atoms with Crippen molar-refractivity contribution < 1.29 is 19.1 Å². The van der Waals surface area contributed by atoms with Crippen LogP contribution in [0.1, 0.15) is 17.3 Å². The molecule has 1 aliphatic heterocycles. The van der Waals surface area contributed by atoms with Gasteiger partial charge in [-0.25, -0.2) is 4.39 Å². The van der Waals surface area contributed by atoms with Gasteiger partial charge in [-0.15, -0.1) is 0 Å². The van der Waals surface area contributed by atoms with Gasteiger partial charge in [0.25, 0.3) is 5.91 Å². The summed E-state index contributed by atoms with van der Waals surface area (Å²) in [5.74, 6) is -2.33. The van der Waals surface area contributed by atoms with Gasteiger partial charge in [-0.2, -0.15) is 0 Å². The molecule has 1 N–H and O–H groups in total. The van der Waals surface area contributed by atoms with Crippen molar-refractivity contribution in [3.63, 3.8) is 0 Å².